The number of nitrogens with two attached hydrogens (primary N) is 1. The molecular weight excluding hydrogens is 162 g/mol. The molecule has 1 rings (SSSR count). The molecule has 13 heavy (non-hydrogen) atoms. The summed E-state index contributed by atoms with van der Waals surface area (Å²) in [5, 5.41) is 3.36. The van der Waals surface area contributed by atoms with Gasteiger partial charge in [-0.2, -0.15) is 0 Å². The Morgan fingerprint density at radius 1 is 1.54 bits per heavy atom. The van der Waals surface area contributed by atoms with Crippen LogP contribution in [-0.2, 0) is 13.1 Å². The summed E-state index contributed by atoms with van der Waals surface area (Å²) < 4.78 is 2.25. The molecule has 0 saturated heterocycles. The van der Waals surface area contributed by atoms with E-state index in [0.29, 0.717) is 0 Å². The Morgan fingerprint density at radius 2 is 2.38 bits per heavy atom. The molecule has 3 nitrogen and oxygen atoms in total. The average Bonchev–Trinajstić information content (AvgIpc) is 2.60. The molecule has 0 aromatic carbocycles. The van der Waals surface area contributed by atoms with Gasteiger partial charge in [-0.05, 0) is 38.6 Å². The molecule has 1 aromatic heterocycles. The lowest BCUT2D eigenvalue weighted by Gasteiger charge is -2.07. The van der Waals surface area contributed by atoms with Gasteiger partial charge in [-0.3, -0.25) is 0 Å². The molecule has 3 heteroatoms. The summed E-state index contributed by atoms with van der Waals surface area (Å²) in [7, 11) is 0. The maximum absolute atomic E-state index is 5.40. The Bertz CT molecular complexity index is 230. The molecule has 0 saturated carbocycles. The molecule has 0 unspecified atom stereocenters. The Labute approximate surface area is 79.9 Å². The normalized spacial score (nSPS) is 10.6. The number of rotatable bonds is 6. The van der Waals surface area contributed by atoms with Crippen LogP contribution >= 0.6 is 0 Å². The van der Waals surface area contributed by atoms with E-state index >= 15 is 0 Å². The van der Waals surface area contributed by atoms with E-state index in [-0.39, 0.29) is 0 Å². The zero-order chi connectivity index (χ0) is 9.52. The molecule has 0 bridgehead atoms. The summed E-state index contributed by atoms with van der Waals surface area (Å²) in [5.74, 6) is 0. The summed E-state index contributed by atoms with van der Waals surface area (Å²) >= 11 is 0. The van der Waals surface area contributed by atoms with Crippen LogP contribution in [0.15, 0.2) is 18.3 Å². The standard InChI is InChI=1S/C10H19N3/c1-2-13-8-3-5-10(13)9-12-7-4-6-11/h3,5,8,12H,2,4,6-7,9,11H2,1H3. The molecule has 0 aliphatic carbocycles. The van der Waals surface area contributed by atoms with Crippen molar-refractivity contribution in [2.45, 2.75) is 26.4 Å². The first kappa shape index (κ1) is 10.3. The van der Waals surface area contributed by atoms with Gasteiger partial charge in [0.2, 0.25) is 0 Å². The van der Waals surface area contributed by atoms with Crippen LogP contribution in [0.2, 0.25) is 0 Å². The lowest BCUT2D eigenvalue weighted by Crippen LogP contribution is -2.19. The highest BCUT2D eigenvalue weighted by molar-refractivity contribution is 5.06. The Morgan fingerprint density at radius 3 is 3.08 bits per heavy atom. The quantitative estimate of drug-likeness (QED) is 0.642. The summed E-state index contributed by atoms with van der Waals surface area (Å²) in [6, 6.07) is 4.24. The maximum atomic E-state index is 5.40. The highest BCUT2D eigenvalue weighted by atomic mass is 15.0. The van der Waals surface area contributed by atoms with Crippen LogP contribution in [0.4, 0.5) is 0 Å². The Hall–Kier alpha value is -0.800. The van der Waals surface area contributed by atoms with Gasteiger partial charge in [0.15, 0.2) is 0 Å². The third kappa shape index (κ3) is 3.20. The van der Waals surface area contributed by atoms with E-state index < -0.39 is 0 Å². The second-order valence-corrected chi connectivity index (χ2v) is 3.10. The minimum atomic E-state index is 0.766. The fourth-order valence-electron chi connectivity index (χ4n) is 1.36. The van der Waals surface area contributed by atoms with E-state index in [1.54, 1.807) is 0 Å². The van der Waals surface area contributed by atoms with Crippen molar-refractivity contribution < 1.29 is 0 Å². The number of aromatic nitrogens is 1. The molecule has 0 aliphatic heterocycles. The monoisotopic (exact) mass is 181 g/mol. The van der Waals surface area contributed by atoms with Crippen molar-refractivity contribution in [3.8, 4) is 0 Å². The van der Waals surface area contributed by atoms with Gasteiger partial charge in [-0.15, -0.1) is 0 Å². The third-order valence-electron chi connectivity index (χ3n) is 2.13. The second kappa shape index (κ2) is 5.78. The van der Waals surface area contributed by atoms with Crippen molar-refractivity contribution >= 4 is 0 Å². The number of hydrogen-bond donors (Lipinski definition) is 2. The first-order chi connectivity index (χ1) is 6.38. The average molecular weight is 181 g/mol. The fourth-order valence-corrected chi connectivity index (χ4v) is 1.36. The van der Waals surface area contributed by atoms with E-state index in [1.807, 2.05) is 0 Å². The van der Waals surface area contributed by atoms with Crippen LogP contribution in [-0.4, -0.2) is 17.7 Å². The highest BCUT2D eigenvalue weighted by Crippen LogP contribution is 2.00. The molecule has 3 N–H and O–H groups in total. The summed E-state index contributed by atoms with van der Waals surface area (Å²) in [4.78, 5) is 0. The van der Waals surface area contributed by atoms with Crippen molar-refractivity contribution in [2.75, 3.05) is 13.1 Å². The van der Waals surface area contributed by atoms with Gasteiger partial charge >= 0.3 is 0 Å². The topological polar surface area (TPSA) is 43.0 Å². The van der Waals surface area contributed by atoms with Crippen LogP contribution in [0, 0.1) is 0 Å². The predicted octanol–water partition coefficient (Wildman–Crippen LogP) is 0.946. The van der Waals surface area contributed by atoms with Crippen LogP contribution < -0.4 is 11.1 Å². The number of nitrogens with zero attached hydrogens (tertiary/aromatic N) is 1. The van der Waals surface area contributed by atoms with Crippen LogP contribution in [0.3, 0.4) is 0 Å². The SMILES string of the molecule is CCn1cccc1CNCCCN. The first-order valence-corrected chi connectivity index (χ1v) is 4.93. The van der Waals surface area contributed by atoms with Gasteiger partial charge in [-0.25, -0.2) is 0 Å². The molecule has 0 amide bonds. The number of hydrogen-bond acceptors (Lipinski definition) is 2. The fraction of sp³-hybridized carbons (Fsp3) is 0.600. The van der Waals surface area contributed by atoms with Crippen LogP contribution in [0.1, 0.15) is 19.0 Å². The Kier molecular flexibility index (Phi) is 4.57. The van der Waals surface area contributed by atoms with Gasteiger partial charge in [0.25, 0.3) is 0 Å². The van der Waals surface area contributed by atoms with Gasteiger partial charge < -0.3 is 15.6 Å². The largest absolute Gasteiger partial charge is 0.351 e. The lowest BCUT2D eigenvalue weighted by atomic mass is 10.4. The molecule has 0 aliphatic rings. The molecule has 1 heterocycles. The molecule has 0 spiro atoms. The van der Waals surface area contributed by atoms with Crippen molar-refractivity contribution in [1.29, 1.82) is 0 Å². The van der Waals surface area contributed by atoms with Crippen molar-refractivity contribution in [1.82, 2.24) is 9.88 Å². The van der Waals surface area contributed by atoms with Gasteiger partial charge in [0, 0.05) is 25.0 Å². The molecule has 74 valence electrons. The van der Waals surface area contributed by atoms with Crippen molar-refractivity contribution in [3.05, 3.63) is 24.0 Å². The number of nitrogens with one attached hydrogen (secondary N) is 1. The smallest absolute Gasteiger partial charge is 0.0359 e. The third-order valence-corrected chi connectivity index (χ3v) is 2.13. The zero-order valence-corrected chi connectivity index (χ0v) is 8.29. The number of aryl methyl sites for hydroxylation is 1. The van der Waals surface area contributed by atoms with Crippen LogP contribution in [0.5, 0.6) is 0 Å². The first-order valence-electron chi connectivity index (χ1n) is 4.93. The summed E-state index contributed by atoms with van der Waals surface area (Å²) in [6.45, 7) is 5.91. The second-order valence-electron chi connectivity index (χ2n) is 3.10. The molecule has 0 atom stereocenters. The van der Waals surface area contributed by atoms with Gasteiger partial charge in [-0.1, -0.05) is 0 Å². The van der Waals surface area contributed by atoms with E-state index in [1.165, 1.54) is 5.69 Å². The van der Waals surface area contributed by atoms with Crippen LogP contribution in [0.25, 0.3) is 0 Å². The minimum Gasteiger partial charge on any atom is -0.351 e. The lowest BCUT2D eigenvalue weighted by molar-refractivity contribution is 0.612. The maximum Gasteiger partial charge on any atom is 0.0359 e. The summed E-state index contributed by atoms with van der Waals surface area (Å²) in [5.41, 5.74) is 6.75. The van der Waals surface area contributed by atoms with E-state index in [2.05, 4.69) is 35.1 Å². The molecule has 0 radical (unpaired) electrons. The van der Waals surface area contributed by atoms with Gasteiger partial charge in [0.1, 0.15) is 0 Å². The zero-order valence-electron chi connectivity index (χ0n) is 8.29. The van der Waals surface area contributed by atoms with E-state index in [0.717, 1.165) is 32.6 Å². The van der Waals surface area contributed by atoms with Crippen molar-refractivity contribution in [3.63, 3.8) is 0 Å². The Balaban J connectivity index is 2.27. The minimum absolute atomic E-state index is 0.766. The molecular formula is C10H19N3. The highest BCUT2D eigenvalue weighted by Gasteiger charge is 1.96. The molecule has 1 aromatic rings. The predicted molar refractivity (Wildman–Crippen MR) is 55.5 cm³/mol. The van der Waals surface area contributed by atoms with Gasteiger partial charge in [0.05, 0.1) is 0 Å². The van der Waals surface area contributed by atoms with E-state index in [4.69, 9.17) is 5.73 Å². The van der Waals surface area contributed by atoms with Crippen molar-refractivity contribution in [2.24, 2.45) is 5.73 Å². The summed E-state index contributed by atoms with van der Waals surface area (Å²) in [6.07, 6.45) is 3.16. The van der Waals surface area contributed by atoms with E-state index in [9.17, 15) is 0 Å². The molecule has 0 fully saturated rings.